The van der Waals surface area contributed by atoms with Crippen molar-refractivity contribution >= 4 is 28.2 Å². The fourth-order valence-corrected chi connectivity index (χ4v) is 3.08. The first-order valence-electron chi connectivity index (χ1n) is 6.89. The van der Waals surface area contributed by atoms with Crippen LogP contribution in [0.5, 0.6) is 0 Å². The van der Waals surface area contributed by atoms with Gasteiger partial charge in [0.25, 0.3) is 0 Å². The summed E-state index contributed by atoms with van der Waals surface area (Å²) >= 11 is 1.53. The first-order chi connectivity index (χ1) is 10.1. The number of aryl methyl sites for hydroxylation is 1. The Kier molecular flexibility index (Phi) is 3.83. The number of carbonyl (C=O) groups excluding carboxylic acids is 1. The summed E-state index contributed by atoms with van der Waals surface area (Å²) < 4.78 is 0. The SMILES string of the molecule is CC(=O)N1CC[C@H](c2cc(Nc3nccs3)nc(C)n2)C1. The molecule has 1 amide bonds. The molecule has 0 aliphatic carbocycles. The molecule has 0 saturated carbocycles. The van der Waals surface area contributed by atoms with Crippen LogP contribution in [0.3, 0.4) is 0 Å². The van der Waals surface area contributed by atoms with Crippen LogP contribution in [0.1, 0.15) is 30.8 Å². The Labute approximate surface area is 127 Å². The second-order valence-corrected chi connectivity index (χ2v) is 6.03. The van der Waals surface area contributed by atoms with Crippen molar-refractivity contribution in [2.24, 2.45) is 0 Å². The molecule has 1 saturated heterocycles. The summed E-state index contributed by atoms with van der Waals surface area (Å²) in [5.41, 5.74) is 0.991. The van der Waals surface area contributed by atoms with Crippen LogP contribution in [-0.4, -0.2) is 38.8 Å². The van der Waals surface area contributed by atoms with Gasteiger partial charge in [-0.3, -0.25) is 4.79 Å². The molecule has 1 atom stereocenters. The van der Waals surface area contributed by atoms with Gasteiger partial charge in [-0.25, -0.2) is 15.0 Å². The molecule has 21 heavy (non-hydrogen) atoms. The van der Waals surface area contributed by atoms with Gasteiger partial charge in [-0.05, 0) is 13.3 Å². The molecule has 0 aromatic carbocycles. The molecule has 0 unspecified atom stereocenters. The number of nitrogens with one attached hydrogen (secondary N) is 1. The molecule has 1 fully saturated rings. The molecule has 1 N–H and O–H groups in total. The summed E-state index contributed by atoms with van der Waals surface area (Å²) in [6.07, 6.45) is 2.70. The Morgan fingerprint density at radius 3 is 3.00 bits per heavy atom. The highest BCUT2D eigenvalue weighted by Crippen LogP contribution is 2.28. The lowest BCUT2D eigenvalue weighted by atomic mass is 10.0. The quantitative estimate of drug-likeness (QED) is 0.942. The monoisotopic (exact) mass is 303 g/mol. The van der Waals surface area contributed by atoms with Crippen LogP contribution in [0.2, 0.25) is 0 Å². The summed E-state index contributed by atoms with van der Waals surface area (Å²) in [5.74, 6) is 1.90. The lowest BCUT2D eigenvalue weighted by molar-refractivity contribution is -0.127. The van der Waals surface area contributed by atoms with Crippen LogP contribution in [0.15, 0.2) is 17.6 Å². The summed E-state index contributed by atoms with van der Waals surface area (Å²) in [6, 6.07) is 1.96. The van der Waals surface area contributed by atoms with Gasteiger partial charge < -0.3 is 10.2 Å². The maximum absolute atomic E-state index is 11.4. The zero-order valence-electron chi connectivity index (χ0n) is 12.0. The molecule has 3 rings (SSSR count). The van der Waals surface area contributed by atoms with Crippen LogP contribution < -0.4 is 5.32 Å². The third-order valence-corrected chi connectivity index (χ3v) is 4.27. The zero-order chi connectivity index (χ0) is 14.8. The predicted molar refractivity (Wildman–Crippen MR) is 81.8 cm³/mol. The smallest absolute Gasteiger partial charge is 0.219 e. The minimum Gasteiger partial charge on any atom is -0.342 e. The third kappa shape index (κ3) is 3.18. The van der Waals surface area contributed by atoms with E-state index in [1.54, 1.807) is 13.1 Å². The van der Waals surface area contributed by atoms with Crippen molar-refractivity contribution in [2.45, 2.75) is 26.2 Å². The lowest BCUT2D eigenvalue weighted by Crippen LogP contribution is -2.25. The average molecular weight is 303 g/mol. The van der Waals surface area contributed by atoms with Gasteiger partial charge in [0.2, 0.25) is 5.91 Å². The number of nitrogens with zero attached hydrogens (tertiary/aromatic N) is 4. The Morgan fingerprint density at radius 2 is 2.33 bits per heavy atom. The first kappa shape index (κ1) is 13.9. The van der Waals surface area contributed by atoms with Crippen molar-refractivity contribution in [1.29, 1.82) is 0 Å². The van der Waals surface area contributed by atoms with Gasteiger partial charge in [-0.2, -0.15) is 0 Å². The second-order valence-electron chi connectivity index (χ2n) is 5.14. The number of rotatable bonds is 3. The third-order valence-electron chi connectivity index (χ3n) is 3.58. The molecular formula is C14H17N5OS. The molecule has 2 aromatic heterocycles. The largest absolute Gasteiger partial charge is 0.342 e. The first-order valence-corrected chi connectivity index (χ1v) is 7.77. The summed E-state index contributed by atoms with van der Waals surface area (Å²) in [4.78, 5) is 26.4. The number of carbonyl (C=O) groups is 1. The Morgan fingerprint density at radius 1 is 1.48 bits per heavy atom. The van der Waals surface area contributed by atoms with E-state index in [1.165, 1.54) is 11.3 Å². The highest BCUT2D eigenvalue weighted by Gasteiger charge is 2.27. The molecule has 110 valence electrons. The molecule has 1 aliphatic heterocycles. The van der Waals surface area contributed by atoms with Crippen molar-refractivity contribution in [3.05, 3.63) is 29.2 Å². The van der Waals surface area contributed by atoms with Gasteiger partial charge in [0, 0.05) is 43.6 Å². The van der Waals surface area contributed by atoms with Gasteiger partial charge in [0.1, 0.15) is 11.6 Å². The Bertz CT molecular complexity index is 643. The van der Waals surface area contributed by atoms with E-state index >= 15 is 0 Å². The number of anilines is 2. The standard InChI is InChI=1S/C14H17N5OS/c1-9-16-12(11-3-5-19(8-11)10(2)20)7-13(17-9)18-14-15-4-6-21-14/h4,6-7,11H,3,5,8H2,1-2H3,(H,15,16,17,18)/t11-/m0/s1. The van der Waals surface area contributed by atoms with Crippen LogP contribution in [-0.2, 0) is 4.79 Å². The molecular weight excluding hydrogens is 286 g/mol. The number of aromatic nitrogens is 3. The van der Waals surface area contributed by atoms with Crippen LogP contribution >= 0.6 is 11.3 Å². The molecule has 1 aliphatic rings. The molecule has 3 heterocycles. The van der Waals surface area contributed by atoms with Crippen molar-refractivity contribution < 1.29 is 4.79 Å². The maximum Gasteiger partial charge on any atom is 0.219 e. The zero-order valence-corrected chi connectivity index (χ0v) is 12.9. The van der Waals surface area contributed by atoms with Crippen LogP contribution in [0.4, 0.5) is 10.9 Å². The Balaban J connectivity index is 1.80. The van der Waals surface area contributed by atoms with Gasteiger partial charge in [0.05, 0.1) is 5.69 Å². The van der Waals surface area contributed by atoms with E-state index in [0.717, 1.165) is 42.0 Å². The molecule has 0 spiro atoms. The number of likely N-dealkylation sites (tertiary alicyclic amines) is 1. The van der Waals surface area contributed by atoms with Gasteiger partial charge in [-0.1, -0.05) is 0 Å². The molecule has 7 heteroatoms. The number of thiazole rings is 1. The summed E-state index contributed by atoms with van der Waals surface area (Å²) in [5, 5.41) is 5.93. The minimum atomic E-state index is 0.129. The van der Waals surface area contributed by atoms with Gasteiger partial charge >= 0.3 is 0 Å². The number of hydrogen-bond acceptors (Lipinski definition) is 6. The highest BCUT2D eigenvalue weighted by atomic mass is 32.1. The summed E-state index contributed by atoms with van der Waals surface area (Å²) in [7, 11) is 0. The van der Waals surface area contributed by atoms with E-state index < -0.39 is 0 Å². The van der Waals surface area contributed by atoms with E-state index in [1.807, 2.05) is 23.3 Å². The van der Waals surface area contributed by atoms with Crippen molar-refractivity contribution in [1.82, 2.24) is 19.9 Å². The topological polar surface area (TPSA) is 71.0 Å². The van der Waals surface area contributed by atoms with Crippen molar-refractivity contribution in [2.75, 3.05) is 18.4 Å². The summed E-state index contributed by atoms with van der Waals surface area (Å²) in [6.45, 7) is 5.04. The normalized spacial score (nSPS) is 18.0. The van der Waals surface area contributed by atoms with E-state index in [4.69, 9.17) is 0 Å². The average Bonchev–Trinajstić information content (AvgIpc) is 3.08. The van der Waals surface area contributed by atoms with E-state index in [0.29, 0.717) is 0 Å². The molecule has 6 nitrogen and oxygen atoms in total. The predicted octanol–water partition coefficient (Wildman–Crippen LogP) is 2.32. The van der Waals surface area contributed by atoms with E-state index in [9.17, 15) is 4.79 Å². The number of amides is 1. The highest BCUT2D eigenvalue weighted by molar-refractivity contribution is 7.13. The van der Waals surface area contributed by atoms with E-state index in [-0.39, 0.29) is 11.8 Å². The lowest BCUT2D eigenvalue weighted by Gasteiger charge is -2.14. The number of hydrogen-bond donors (Lipinski definition) is 1. The molecule has 2 aromatic rings. The van der Waals surface area contributed by atoms with Crippen molar-refractivity contribution in [3.8, 4) is 0 Å². The second kappa shape index (κ2) is 5.77. The van der Waals surface area contributed by atoms with Crippen LogP contribution in [0, 0.1) is 6.92 Å². The van der Waals surface area contributed by atoms with Gasteiger partial charge in [-0.15, -0.1) is 11.3 Å². The fourth-order valence-electron chi connectivity index (χ4n) is 2.55. The molecule has 0 radical (unpaired) electrons. The Hall–Kier alpha value is -2.02. The van der Waals surface area contributed by atoms with Crippen molar-refractivity contribution in [3.63, 3.8) is 0 Å². The van der Waals surface area contributed by atoms with E-state index in [2.05, 4.69) is 20.3 Å². The molecule has 0 bridgehead atoms. The van der Waals surface area contributed by atoms with Crippen LogP contribution in [0.25, 0.3) is 0 Å². The maximum atomic E-state index is 11.4. The van der Waals surface area contributed by atoms with Gasteiger partial charge in [0.15, 0.2) is 5.13 Å². The fraction of sp³-hybridized carbons (Fsp3) is 0.429. The minimum absolute atomic E-state index is 0.129.